The van der Waals surface area contributed by atoms with Crippen LogP contribution in [-0.4, -0.2) is 35.8 Å². The SMILES string of the molecule is C=C(C)C(=O)[O-].O=C(O)CCCS(=O)(=O)O.[Na+]. The number of carboxylic acids is 2. The average molecular weight is 276 g/mol. The van der Waals surface area contributed by atoms with Crippen LogP contribution in [0.25, 0.3) is 0 Å². The van der Waals surface area contributed by atoms with Crippen LogP contribution >= 0.6 is 0 Å². The molecule has 0 amide bonds. The average Bonchev–Trinajstić information content (AvgIpc) is 2.01. The summed E-state index contributed by atoms with van der Waals surface area (Å²) in [5, 5.41) is 17.5. The Morgan fingerprint density at radius 3 is 1.88 bits per heavy atom. The predicted molar refractivity (Wildman–Crippen MR) is 53.1 cm³/mol. The molecule has 0 aromatic heterocycles. The van der Waals surface area contributed by atoms with Crippen LogP contribution in [0.2, 0.25) is 0 Å². The van der Waals surface area contributed by atoms with Gasteiger partial charge in [-0.1, -0.05) is 6.58 Å². The van der Waals surface area contributed by atoms with Gasteiger partial charge in [-0.25, -0.2) is 0 Å². The van der Waals surface area contributed by atoms with Gasteiger partial charge in [-0.15, -0.1) is 0 Å². The van der Waals surface area contributed by atoms with E-state index in [1.165, 1.54) is 6.92 Å². The van der Waals surface area contributed by atoms with Crippen molar-refractivity contribution < 1.29 is 62.3 Å². The van der Waals surface area contributed by atoms with Crippen LogP contribution in [-0.2, 0) is 19.7 Å². The normalized spacial score (nSPS) is 9.29. The van der Waals surface area contributed by atoms with Gasteiger partial charge in [0.15, 0.2) is 0 Å². The fourth-order valence-electron chi connectivity index (χ4n) is 0.406. The van der Waals surface area contributed by atoms with Gasteiger partial charge in [0, 0.05) is 6.42 Å². The van der Waals surface area contributed by atoms with Gasteiger partial charge < -0.3 is 15.0 Å². The Morgan fingerprint density at radius 1 is 1.35 bits per heavy atom. The van der Waals surface area contributed by atoms with Gasteiger partial charge in [-0.2, -0.15) is 8.42 Å². The standard InChI is InChI=1S/C4H8O5S.C4H6O2.Na/c5-4(6)2-1-3-10(7,8)9;1-3(2)4(5)6;/h1-3H2,(H,5,6)(H,7,8,9);1H2,2H3,(H,5,6);/q;;+1/p-1. The molecular formula is C8H13NaO7S. The quantitative estimate of drug-likeness (QED) is 0.297. The summed E-state index contributed by atoms with van der Waals surface area (Å²) in [4.78, 5) is 19.3. The minimum Gasteiger partial charge on any atom is -0.545 e. The molecular weight excluding hydrogens is 263 g/mol. The zero-order chi connectivity index (χ0) is 13.4. The fourth-order valence-corrected chi connectivity index (χ4v) is 0.915. The van der Waals surface area contributed by atoms with Crippen LogP contribution in [0.5, 0.6) is 0 Å². The van der Waals surface area contributed by atoms with Crippen molar-refractivity contribution in [2.75, 3.05) is 5.75 Å². The number of hydrogen-bond acceptors (Lipinski definition) is 5. The van der Waals surface area contributed by atoms with Gasteiger partial charge in [-0.05, 0) is 18.9 Å². The Morgan fingerprint density at radius 2 is 1.71 bits per heavy atom. The summed E-state index contributed by atoms with van der Waals surface area (Å²) in [7, 11) is -3.98. The molecule has 0 aromatic carbocycles. The molecule has 0 radical (unpaired) electrons. The summed E-state index contributed by atoms with van der Waals surface area (Å²) in [6.45, 7) is 4.48. The first-order valence-corrected chi connectivity index (χ1v) is 5.71. The second kappa shape index (κ2) is 10.7. The van der Waals surface area contributed by atoms with Crippen molar-refractivity contribution in [1.82, 2.24) is 0 Å². The zero-order valence-corrected chi connectivity index (χ0v) is 12.5. The number of carbonyl (C=O) groups is 2. The van der Waals surface area contributed by atoms with Crippen molar-refractivity contribution in [3.8, 4) is 0 Å². The number of hydrogen-bond donors (Lipinski definition) is 2. The third-order valence-electron chi connectivity index (χ3n) is 1.14. The van der Waals surface area contributed by atoms with Crippen LogP contribution in [0, 0.1) is 0 Å². The van der Waals surface area contributed by atoms with Crippen molar-refractivity contribution in [3.63, 3.8) is 0 Å². The third kappa shape index (κ3) is 25.7. The summed E-state index contributed by atoms with van der Waals surface area (Å²) >= 11 is 0. The Bertz CT molecular complexity index is 348. The molecule has 0 saturated carbocycles. The van der Waals surface area contributed by atoms with Crippen molar-refractivity contribution in [3.05, 3.63) is 12.2 Å². The first-order valence-electron chi connectivity index (χ1n) is 4.10. The maximum Gasteiger partial charge on any atom is 1.00 e. The van der Waals surface area contributed by atoms with E-state index in [9.17, 15) is 23.1 Å². The van der Waals surface area contributed by atoms with E-state index in [1.54, 1.807) is 0 Å². The van der Waals surface area contributed by atoms with Crippen LogP contribution in [0.1, 0.15) is 19.8 Å². The molecule has 0 unspecified atom stereocenters. The van der Waals surface area contributed by atoms with E-state index in [0.717, 1.165) is 0 Å². The molecule has 0 saturated heterocycles. The molecule has 0 fully saturated rings. The molecule has 0 bridgehead atoms. The Balaban J connectivity index is -0.000000244. The van der Waals surface area contributed by atoms with Crippen molar-refractivity contribution in [2.45, 2.75) is 19.8 Å². The molecule has 0 heterocycles. The summed E-state index contributed by atoms with van der Waals surface area (Å²) in [6.07, 6.45) is -0.284. The van der Waals surface area contributed by atoms with Crippen LogP contribution < -0.4 is 34.7 Å². The van der Waals surface area contributed by atoms with E-state index in [0.29, 0.717) is 0 Å². The van der Waals surface area contributed by atoms with E-state index in [2.05, 4.69) is 6.58 Å². The van der Waals surface area contributed by atoms with Crippen molar-refractivity contribution >= 4 is 22.1 Å². The molecule has 94 valence electrons. The van der Waals surface area contributed by atoms with E-state index in [4.69, 9.17) is 9.66 Å². The maximum absolute atomic E-state index is 9.98. The topological polar surface area (TPSA) is 132 Å². The van der Waals surface area contributed by atoms with E-state index >= 15 is 0 Å². The Labute approximate surface area is 122 Å². The van der Waals surface area contributed by atoms with Crippen LogP contribution in [0.15, 0.2) is 12.2 Å². The van der Waals surface area contributed by atoms with Gasteiger partial charge in [0.05, 0.1) is 11.7 Å². The summed E-state index contributed by atoms with van der Waals surface area (Å²) in [6, 6.07) is 0. The van der Waals surface area contributed by atoms with Gasteiger partial charge in [-0.3, -0.25) is 9.35 Å². The van der Waals surface area contributed by atoms with E-state index in [-0.39, 0.29) is 48.0 Å². The molecule has 9 heteroatoms. The van der Waals surface area contributed by atoms with Gasteiger partial charge in [0.25, 0.3) is 10.1 Å². The molecule has 0 aliphatic heterocycles. The Hall–Kier alpha value is -0.410. The van der Waals surface area contributed by atoms with Crippen LogP contribution in [0.3, 0.4) is 0 Å². The zero-order valence-electron chi connectivity index (χ0n) is 9.67. The minimum absolute atomic E-state index is 0. The van der Waals surface area contributed by atoms with E-state index < -0.39 is 27.8 Å². The predicted octanol–water partition coefficient (Wildman–Crippen LogP) is -3.94. The smallest absolute Gasteiger partial charge is 0.545 e. The van der Waals surface area contributed by atoms with Gasteiger partial charge in [0.1, 0.15) is 0 Å². The molecule has 0 aromatic rings. The largest absolute Gasteiger partial charge is 1.00 e. The molecule has 7 nitrogen and oxygen atoms in total. The molecule has 0 spiro atoms. The molecule has 2 N–H and O–H groups in total. The summed E-state index contributed by atoms with van der Waals surface area (Å²) in [5.74, 6) is -2.74. The molecule has 17 heavy (non-hydrogen) atoms. The number of carbonyl (C=O) groups excluding carboxylic acids is 1. The number of rotatable bonds is 5. The molecule has 0 rings (SSSR count). The molecule has 0 aliphatic carbocycles. The van der Waals surface area contributed by atoms with Gasteiger partial charge in [0.2, 0.25) is 0 Å². The summed E-state index contributed by atoms with van der Waals surface area (Å²) < 4.78 is 28.1. The van der Waals surface area contributed by atoms with E-state index in [1.807, 2.05) is 0 Å². The third-order valence-corrected chi connectivity index (χ3v) is 1.95. The monoisotopic (exact) mass is 276 g/mol. The minimum atomic E-state index is -3.98. The first-order chi connectivity index (χ1) is 7.06. The fraction of sp³-hybridized carbons (Fsp3) is 0.500. The number of aliphatic carboxylic acids is 2. The second-order valence-corrected chi connectivity index (χ2v) is 4.42. The van der Waals surface area contributed by atoms with Gasteiger partial charge >= 0.3 is 35.5 Å². The van der Waals surface area contributed by atoms with Crippen molar-refractivity contribution in [2.24, 2.45) is 0 Å². The Kier molecular flexibility index (Phi) is 13.8. The maximum atomic E-state index is 9.98. The number of carboxylic acid groups (broad SMARTS) is 2. The summed E-state index contributed by atoms with van der Waals surface area (Å²) in [5.41, 5.74) is 0.0648. The van der Waals surface area contributed by atoms with Crippen molar-refractivity contribution in [1.29, 1.82) is 0 Å². The molecule has 0 atom stereocenters. The first kappa shape index (κ1) is 21.8. The molecule has 0 aliphatic rings. The van der Waals surface area contributed by atoms with Crippen LogP contribution in [0.4, 0.5) is 0 Å². The second-order valence-electron chi connectivity index (χ2n) is 2.85.